The Hall–Kier alpha value is -2.13. The van der Waals surface area contributed by atoms with Gasteiger partial charge in [-0.2, -0.15) is 0 Å². The summed E-state index contributed by atoms with van der Waals surface area (Å²) in [5, 5.41) is 2.21. The summed E-state index contributed by atoms with van der Waals surface area (Å²) < 4.78 is 0. The Morgan fingerprint density at radius 1 is 0.842 bits per heavy atom. The molecule has 2 aromatic rings. The molecule has 0 amide bonds. The standard InChI is InChI=1S/C16H10O2S/c17-12-8-9-14(18)16(10-12)19-15-7-3-5-11-4-1-2-6-13(11)15/h1-10H. The second-order valence-electron chi connectivity index (χ2n) is 4.19. The van der Waals surface area contributed by atoms with Gasteiger partial charge in [-0.1, -0.05) is 48.2 Å². The summed E-state index contributed by atoms with van der Waals surface area (Å²) in [6.45, 7) is 0. The third kappa shape index (κ3) is 2.37. The maximum atomic E-state index is 11.8. The molecular weight excluding hydrogens is 256 g/mol. The highest BCUT2D eigenvalue weighted by molar-refractivity contribution is 8.04. The van der Waals surface area contributed by atoms with Crippen LogP contribution in [0.15, 0.2) is 70.5 Å². The van der Waals surface area contributed by atoms with Gasteiger partial charge in [0, 0.05) is 11.0 Å². The van der Waals surface area contributed by atoms with Gasteiger partial charge in [0.2, 0.25) is 0 Å². The van der Waals surface area contributed by atoms with Crippen LogP contribution in [0, 0.1) is 0 Å². The van der Waals surface area contributed by atoms with E-state index in [0.29, 0.717) is 4.91 Å². The lowest BCUT2D eigenvalue weighted by molar-refractivity contribution is -0.114. The predicted molar refractivity (Wildman–Crippen MR) is 77.0 cm³/mol. The molecule has 0 heterocycles. The highest BCUT2D eigenvalue weighted by atomic mass is 32.2. The average molecular weight is 266 g/mol. The van der Waals surface area contributed by atoms with Crippen LogP contribution < -0.4 is 0 Å². The first kappa shape index (κ1) is 11.9. The van der Waals surface area contributed by atoms with Crippen molar-refractivity contribution < 1.29 is 9.59 Å². The Balaban J connectivity index is 2.02. The summed E-state index contributed by atoms with van der Waals surface area (Å²) >= 11 is 1.35. The van der Waals surface area contributed by atoms with E-state index in [4.69, 9.17) is 0 Å². The number of thioether (sulfide) groups is 1. The van der Waals surface area contributed by atoms with Crippen LogP contribution in [0.5, 0.6) is 0 Å². The Morgan fingerprint density at radius 2 is 1.63 bits per heavy atom. The Bertz CT molecular complexity index is 736. The van der Waals surface area contributed by atoms with Crippen molar-refractivity contribution in [3.8, 4) is 0 Å². The van der Waals surface area contributed by atoms with E-state index < -0.39 is 0 Å². The van der Waals surface area contributed by atoms with Gasteiger partial charge in [-0.05, 0) is 29.0 Å². The Labute approximate surface area is 114 Å². The molecule has 3 rings (SSSR count). The van der Waals surface area contributed by atoms with Crippen molar-refractivity contribution in [3.05, 3.63) is 65.6 Å². The van der Waals surface area contributed by atoms with Crippen LogP contribution in [0.25, 0.3) is 10.8 Å². The molecule has 2 nitrogen and oxygen atoms in total. The van der Waals surface area contributed by atoms with Gasteiger partial charge in [0.15, 0.2) is 11.6 Å². The predicted octanol–water partition coefficient (Wildman–Crippen LogP) is 3.52. The fraction of sp³-hybridized carbons (Fsp3) is 0. The van der Waals surface area contributed by atoms with Crippen LogP contribution in [-0.4, -0.2) is 11.6 Å². The molecule has 0 unspecified atom stereocenters. The van der Waals surface area contributed by atoms with E-state index in [1.807, 2.05) is 42.5 Å². The molecule has 0 fully saturated rings. The van der Waals surface area contributed by atoms with E-state index >= 15 is 0 Å². The SMILES string of the molecule is O=C1C=CC(=O)C(Sc2cccc3ccccc23)=C1. The molecule has 92 valence electrons. The molecule has 0 N–H and O–H groups in total. The van der Waals surface area contributed by atoms with Crippen LogP contribution in [-0.2, 0) is 9.59 Å². The minimum absolute atomic E-state index is 0.113. The first-order valence-corrected chi connectivity index (χ1v) is 6.69. The summed E-state index contributed by atoms with van der Waals surface area (Å²) in [6.07, 6.45) is 4.03. The van der Waals surface area contributed by atoms with Crippen LogP contribution in [0.1, 0.15) is 0 Å². The van der Waals surface area contributed by atoms with Crippen LogP contribution >= 0.6 is 11.8 Å². The zero-order chi connectivity index (χ0) is 13.2. The van der Waals surface area contributed by atoms with Crippen molar-refractivity contribution in [2.45, 2.75) is 4.90 Å². The fourth-order valence-electron chi connectivity index (χ4n) is 1.97. The molecule has 0 aliphatic heterocycles. The van der Waals surface area contributed by atoms with E-state index in [2.05, 4.69) is 0 Å². The quantitative estimate of drug-likeness (QED) is 0.780. The Morgan fingerprint density at radius 3 is 2.53 bits per heavy atom. The molecule has 0 aromatic heterocycles. The molecule has 0 radical (unpaired) electrons. The molecule has 3 heteroatoms. The summed E-state index contributed by atoms with van der Waals surface area (Å²) in [5.41, 5.74) is 0. The lowest BCUT2D eigenvalue weighted by Gasteiger charge is -2.09. The van der Waals surface area contributed by atoms with Gasteiger partial charge in [0.25, 0.3) is 0 Å². The fourth-order valence-corrected chi connectivity index (χ4v) is 2.99. The number of allylic oxidation sites excluding steroid dienone is 4. The minimum Gasteiger partial charge on any atom is -0.290 e. The highest BCUT2D eigenvalue weighted by Crippen LogP contribution is 2.34. The smallest absolute Gasteiger partial charge is 0.192 e. The van der Waals surface area contributed by atoms with Crippen molar-refractivity contribution in [1.29, 1.82) is 0 Å². The maximum Gasteiger partial charge on any atom is 0.192 e. The average Bonchev–Trinajstić information content (AvgIpc) is 2.43. The van der Waals surface area contributed by atoms with E-state index in [1.165, 1.54) is 30.0 Å². The second-order valence-corrected chi connectivity index (χ2v) is 5.27. The van der Waals surface area contributed by atoms with Crippen LogP contribution in [0.3, 0.4) is 0 Å². The van der Waals surface area contributed by atoms with Crippen molar-refractivity contribution in [1.82, 2.24) is 0 Å². The van der Waals surface area contributed by atoms with Gasteiger partial charge >= 0.3 is 0 Å². The molecule has 2 aromatic carbocycles. The van der Waals surface area contributed by atoms with Crippen molar-refractivity contribution in [2.75, 3.05) is 0 Å². The van der Waals surface area contributed by atoms with Crippen molar-refractivity contribution >= 4 is 34.1 Å². The van der Waals surface area contributed by atoms with Gasteiger partial charge in [-0.15, -0.1) is 0 Å². The van der Waals surface area contributed by atoms with E-state index in [9.17, 15) is 9.59 Å². The van der Waals surface area contributed by atoms with Gasteiger partial charge in [-0.3, -0.25) is 9.59 Å². The number of carbonyl (C=O) groups is 2. The molecule has 1 aliphatic rings. The number of rotatable bonds is 2. The number of ketones is 2. The number of carbonyl (C=O) groups excluding carboxylic acids is 2. The van der Waals surface area contributed by atoms with E-state index in [0.717, 1.165) is 15.7 Å². The minimum atomic E-state index is -0.137. The normalized spacial score (nSPS) is 14.8. The van der Waals surface area contributed by atoms with Crippen LogP contribution in [0.2, 0.25) is 0 Å². The lowest BCUT2D eigenvalue weighted by atomic mass is 10.1. The van der Waals surface area contributed by atoms with Crippen molar-refractivity contribution in [3.63, 3.8) is 0 Å². The first-order valence-electron chi connectivity index (χ1n) is 5.88. The number of fused-ring (bicyclic) bond motifs is 1. The maximum absolute atomic E-state index is 11.8. The summed E-state index contributed by atoms with van der Waals surface area (Å²) in [4.78, 5) is 24.6. The zero-order valence-corrected chi connectivity index (χ0v) is 10.8. The monoisotopic (exact) mass is 266 g/mol. The number of hydrogen-bond donors (Lipinski definition) is 0. The topological polar surface area (TPSA) is 34.1 Å². The third-order valence-electron chi connectivity index (χ3n) is 2.88. The molecule has 0 spiro atoms. The zero-order valence-electron chi connectivity index (χ0n) is 10.00. The summed E-state index contributed by atoms with van der Waals surface area (Å²) in [7, 11) is 0. The van der Waals surface area contributed by atoms with Gasteiger partial charge < -0.3 is 0 Å². The second kappa shape index (κ2) is 4.86. The molecular formula is C16H10O2S. The lowest BCUT2D eigenvalue weighted by Crippen LogP contribution is -2.04. The molecule has 19 heavy (non-hydrogen) atoms. The van der Waals surface area contributed by atoms with E-state index in [1.54, 1.807) is 0 Å². The summed E-state index contributed by atoms with van der Waals surface area (Å²) in [6, 6.07) is 13.9. The molecule has 0 atom stereocenters. The van der Waals surface area contributed by atoms with Gasteiger partial charge in [0.1, 0.15) is 0 Å². The highest BCUT2D eigenvalue weighted by Gasteiger charge is 2.15. The van der Waals surface area contributed by atoms with Crippen LogP contribution in [0.4, 0.5) is 0 Å². The molecule has 0 saturated carbocycles. The number of benzene rings is 2. The number of hydrogen-bond acceptors (Lipinski definition) is 3. The van der Waals surface area contributed by atoms with E-state index in [-0.39, 0.29) is 11.6 Å². The first-order chi connectivity index (χ1) is 9.24. The van der Waals surface area contributed by atoms with Gasteiger partial charge in [0.05, 0.1) is 4.91 Å². The largest absolute Gasteiger partial charge is 0.290 e. The van der Waals surface area contributed by atoms with Gasteiger partial charge in [-0.25, -0.2) is 0 Å². The van der Waals surface area contributed by atoms with Crippen molar-refractivity contribution in [2.24, 2.45) is 0 Å². The third-order valence-corrected chi connectivity index (χ3v) is 4.00. The molecule has 1 aliphatic carbocycles. The molecule has 0 bridgehead atoms. The summed E-state index contributed by atoms with van der Waals surface area (Å²) in [5.74, 6) is -0.250. The Kier molecular flexibility index (Phi) is 3.05. The molecule has 0 saturated heterocycles.